The molecule has 0 aliphatic heterocycles. The van der Waals surface area contributed by atoms with Gasteiger partial charge in [0.2, 0.25) is 10.4 Å². The van der Waals surface area contributed by atoms with Crippen LogP contribution in [0.5, 0.6) is 0 Å². The van der Waals surface area contributed by atoms with Crippen molar-refractivity contribution in [2.24, 2.45) is 0 Å². The van der Waals surface area contributed by atoms with Crippen molar-refractivity contribution in [2.45, 2.75) is 0 Å². The number of hydrogen-bond donors (Lipinski definition) is 0. The summed E-state index contributed by atoms with van der Waals surface area (Å²) in [6.45, 7) is 15.7. The minimum atomic E-state index is -4.68. The van der Waals surface area contributed by atoms with Gasteiger partial charge in [-0.3, -0.25) is 4.18 Å². The van der Waals surface area contributed by atoms with Gasteiger partial charge in [-0.05, 0) is 0 Å². The van der Waals surface area contributed by atoms with Gasteiger partial charge in [0.15, 0.2) is 0 Å². The smallest absolute Gasteiger partial charge is 0.217 e. The van der Waals surface area contributed by atoms with Crippen molar-refractivity contribution in [3.63, 3.8) is 0 Å². The Labute approximate surface area is 357 Å². The van der Waals surface area contributed by atoms with Crippen LogP contribution in [0.2, 0.25) is 0 Å². The summed E-state index contributed by atoms with van der Waals surface area (Å²) in [4.78, 5) is 0. The van der Waals surface area contributed by atoms with Crippen LogP contribution >= 0.6 is 0 Å². The minimum absolute atomic E-state index is 0.0146. The molecule has 0 N–H and O–H groups in total. The van der Waals surface area contributed by atoms with Gasteiger partial charge in [-0.15, -0.1) is 0 Å². The van der Waals surface area contributed by atoms with Crippen LogP contribution in [0, 0.1) is 0 Å². The second-order valence-corrected chi connectivity index (χ2v) is 12.7. The monoisotopic (exact) mass is 903 g/mol. The van der Waals surface area contributed by atoms with Gasteiger partial charge >= 0.3 is 0 Å². The van der Waals surface area contributed by atoms with E-state index in [2.05, 4.69) is 4.18 Å². The molecule has 0 aliphatic rings. The maximum absolute atomic E-state index is 10.2. The highest BCUT2D eigenvalue weighted by Crippen LogP contribution is 1.90. The van der Waals surface area contributed by atoms with Gasteiger partial charge in [0.1, 0.15) is 0 Å². The number of hydrogen-bond acceptors (Lipinski definition) is 22. The molecule has 362 valence electrons. The fraction of sp³-hybridized carbons (Fsp3) is 1.00. The van der Waals surface area contributed by atoms with E-state index >= 15 is 0 Å². The number of methoxy groups -OCH3 is 1. The molecule has 0 atom stereocenters. The van der Waals surface area contributed by atoms with Crippen LogP contribution in [0.4, 0.5) is 0 Å². The molecule has 0 aromatic rings. The minimum Gasteiger partial charge on any atom is -0.726 e. The van der Waals surface area contributed by atoms with E-state index in [0.717, 1.165) is 0 Å². The lowest BCUT2D eigenvalue weighted by molar-refractivity contribution is -0.0309. The quantitative estimate of drug-likeness (QED) is 0.0421. The predicted molar refractivity (Wildman–Crippen MR) is 211 cm³/mol. The first-order chi connectivity index (χ1) is 29.6. The molecule has 0 bridgehead atoms. The lowest BCUT2D eigenvalue weighted by Crippen LogP contribution is -2.16. The normalized spacial score (nSPS) is 12.0. The van der Waals surface area contributed by atoms with E-state index in [4.69, 9.17) is 85.3 Å². The third-order valence-electron chi connectivity index (χ3n) is 6.84. The average Bonchev–Trinajstić information content (AvgIpc) is 3.23. The highest BCUT2D eigenvalue weighted by molar-refractivity contribution is 7.80. The molecular weight excluding hydrogens is 828 g/mol. The summed E-state index contributed by atoms with van der Waals surface area (Å²) in [5.41, 5.74) is 0. The Bertz CT molecular complexity index is 896. The van der Waals surface area contributed by atoms with Crippen molar-refractivity contribution in [3.05, 3.63) is 0 Å². The van der Waals surface area contributed by atoms with Gasteiger partial charge < -0.3 is 89.8 Å². The van der Waals surface area contributed by atoms with Crippen LogP contribution in [0.1, 0.15) is 0 Å². The summed E-state index contributed by atoms with van der Waals surface area (Å²) in [6.07, 6.45) is 0. The third-order valence-corrected chi connectivity index (χ3v) is 7.29. The molecule has 0 heterocycles. The van der Waals surface area contributed by atoms with Crippen molar-refractivity contribution in [1.29, 1.82) is 0 Å². The predicted octanol–water partition coefficient (Wildman–Crippen LogP) is -0.608. The van der Waals surface area contributed by atoms with Gasteiger partial charge in [0.05, 0.1) is 238 Å². The highest BCUT2D eigenvalue weighted by atomic mass is 32.3. The zero-order valence-corrected chi connectivity index (χ0v) is 36.7. The molecule has 0 aromatic heterocycles. The third kappa shape index (κ3) is 57.1. The van der Waals surface area contributed by atoms with E-state index in [9.17, 15) is 13.0 Å². The summed E-state index contributed by atoms with van der Waals surface area (Å²) in [5.74, 6) is 0. The van der Waals surface area contributed by atoms with E-state index in [-0.39, 0.29) is 19.8 Å². The lowest BCUT2D eigenvalue weighted by atomic mass is 10.6. The van der Waals surface area contributed by atoms with E-state index in [1.165, 1.54) is 0 Å². The second-order valence-electron chi connectivity index (χ2n) is 11.6. The van der Waals surface area contributed by atoms with E-state index in [1.807, 2.05) is 0 Å². The number of ether oxygens (including phenoxy) is 18. The zero-order chi connectivity index (χ0) is 43.4. The molecule has 0 saturated carbocycles. The van der Waals surface area contributed by atoms with Crippen molar-refractivity contribution in [2.75, 3.05) is 245 Å². The van der Waals surface area contributed by atoms with Crippen molar-refractivity contribution >= 4 is 10.4 Å². The van der Waals surface area contributed by atoms with Crippen LogP contribution in [-0.2, 0) is 99.8 Å². The van der Waals surface area contributed by atoms with Crippen LogP contribution < -0.4 is 0 Å². The standard InChI is InChI=1S/C37H76O22S/c1-41-2-3-42-4-5-43-6-7-44-8-9-45-10-11-46-12-13-47-14-15-48-16-17-49-18-19-50-20-21-51-22-23-52-24-25-53-26-27-54-28-29-55-30-31-56-32-33-57-34-35-58-36-37-59-60(38,39)40/h2-37H2,1H3,(H,38,39,40)/p-1. The first-order valence-corrected chi connectivity index (χ1v) is 21.8. The van der Waals surface area contributed by atoms with Gasteiger partial charge in [-0.1, -0.05) is 0 Å². The molecule has 0 radical (unpaired) electrons. The van der Waals surface area contributed by atoms with E-state index in [0.29, 0.717) is 218 Å². The Morgan fingerprint density at radius 1 is 0.233 bits per heavy atom. The zero-order valence-electron chi connectivity index (χ0n) is 35.8. The second kappa shape index (κ2) is 52.5. The maximum Gasteiger partial charge on any atom is 0.217 e. The lowest BCUT2D eigenvalue weighted by Gasteiger charge is -2.09. The van der Waals surface area contributed by atoms with E-state index in [1.54, 1.807) is 7.11 Å². The van der Waals surface area contributed by atoms with Crippen LogP contribution in [0.25, 0.3) is 0 Å². The van der Waals surface area contributed by atoms with Crippen molar-refractivity contribution < 1.29 is 102 Å². The van der Waals surface area contributed by atoms with Gasteiger partial charge in [0.25, 0.3) is 0 Å². The Kier molecular flexibility index (Phi) is 51.8. The Morgan fingerprint density at radius 2 is 0.350 bits per heavy atom. The largest absolute Gasteiger partial charge is 0.726 e. The summed E-state index contributed by atoms with van der Waals surface area (Å²) in [5, 5.41) is 0. The summed E-state index contributed by atoms with van der Waals surface area (Å²) < 4.78 is 132. The van der Waals surface area contributed by atoms with Crippen molar-refractivity contribution in [3.8, 4) is 0 Å². The summed E-state index contributed by atoms with van der Waals surface area (Å²) in [7, 11) is -3.04. The summed E-state index contributed by atoms with van der Waals surface area (Å²) in [6, 6.07) is 0. The molecule has 0 unspecified atom stereocenters. The van der Waals surface area contributed by atoms with Gasteiger partial charge in [-0.25, -0.2) is 8.42 Å². The highest BCUT2D eigenvalue weighted by Gasteiger charge is 1.99. The molecule has 0 rings (SSSR count). The molecule has 0 aromatic carbocycles. The number of rotatable bonds is 55. The van der Waals surface area contributed by atoms with E-state index < -0.39 is 10.4 Å². The molecule has 0 aliphatic carbocycles. The average molecular weight is 904 g/mol. The van der Waals surface area contributed by atoms with Crippen LogP contribution in [-0.4, -0.2) is 258 Å². The molecule has 60 heavy (non-hydrogen) atoms. The van der Waals surface area contributed by atoms with Crippen LogP contribution in [0.15, 0.2) is 0 Å². The van der Waals surface area contributed by atoms with Gasteiger partial charge in [0, 0.05) is 7.11 Å². The molecular formula is C37H75O22S-. The van der Waals surface area contributed by atoms with Crippen LogP contribution in [0.3, 0.4) is 0 Å². The fourth-order valence-electron chi connectivity index (χ4n) is 3.96. The maximum atomic E-state index is 10.2. The first-order valence-electron chi connectivity index (χ1n) is 20.5. The Balaban J connectivity index is 3.07. The molecule has 0 fully saturated rings. The Hall–Kier alpha value is -0.850. The molecule has 22 nitrogen and oxygen atoms in total. The fourth-order valence-corrected chi connectivity index (χ4v) is 4.23. The van der Waals surface area contributed by atoms with Gasteiger partial charge in [-0.2, -0.15) is 0 Å². The molecule has 23 heteroatoms. The molecule has 0 amide bonds. The SMILES string of the molecule is COCCOCCOCCOCCOCCOCCOCCOCCOCCOCCOCCOCCOCCOCCOCCOCCOCCOCCOS(=O)(=O)[O-]. The topological polar surface area (TPSA) is 233 Å². The summed E-state index contributed by atoms with van der Waals surface area (Å²) >= 11 is 0. The first kappa shape index (κ1) is 59.1. The Morgan fingerprint density at radius 3 is 0.467 bits per heavy atom. The molecule has 0 saturated heterocycles. The molecule has 0 spiro atoms. The van der Waals surface area contributed by atoms with Crippen molar-refractivity contribution in [1.82, 2.24) is 0 Å².